The topological polar surface area (TPSA) is 104 Å². The van der Waals surface area contributed by atoms with E-state index in [1.54, 1.807) is 0 Å². The molecule has 0 saturated carbocycles. The summed E-state index contributed by atoms with van der Waals surface area (Å²) in [4.78, 5) is 14.2. The number of aromatic nitrogens is 2. The highest BCUT2D eigenvalue weighted by atomic mass is 35.5. The second-order valence-corrected chi connectivity index (χ2v) is 14.2. The Morgan fingerprint density at radius 2 is 2.02 bits per heavy atom. The zero-order valence-electron chi connectivity index (χ0n) is 25.4. The third-order valence-corrected chi connectivity index (χ3v) is 11.5. The molecule has 48 heavy (non-hydrogen) atoms. The average Bonchev–Trinajstić information content (AvgIpc) is 3.81. The summed E-state index contributed by atoms with van der Waals surface area (Å²) in [6.07, 6.45) is 1.31. The number of nitriles is 1. The molecule has 2 aromatic heterocycles. The Kier molecular flexibility index (Phi) is 7.70. The quantitative estimate of drug-likeness (QED) is 0.182. The minimum Gasteiger partial charge on any atom is -0.489 e. The van der Waals surface area contributed by atoms with Gasteiger partial charge in [0.05, 0.1) is 32.8 Å². The predicted molar refractivity (Wildman–Crippen MR) is 172 cm³/mol. The molecule has 0 radical (unpaired) electrons. The second kappa shape index (κ2) is 11.7. The number of benzene rings is 2. The first kappa shape index (κ1) is 31.6. The molecule has 4 aliphatic heterocycles. The molecular formula is C32H29ClF5N7O2S. The van der Waals surface area contributed by atoms with Crippen molar-refractivity contribution in [2.24, 2.45) is 0 Å². The summed E-state index contributed by atoms with van der Waals surface area (Å²) in [7, 11) is 0. The van der Waals surface area contributed by atoms with Gasteiger partial charge in [0.15, 0.2) is 11.6 Å². The zero-order valence-corrected chi connectivity index (χ0v) is 27.0. The van der Waals surface area contributed by atoms with Crippen LogP contribution in [0.25, 0.3) is 32.1 Å². The molecule has 0 spiro atoms. The third-order valence-electron chi connectivity index (χ3n) is 10.1. The Hall–Kier alpha value is -3.71. The highest BCUT2D eigenvalue weighted by Crippen LogP contribution is 2.51. The average molecular weight is 706 g/mol. The number of rotatable bonds is 6. The van der Waals surface area contributed by atoms with Crippen molar-refractivity contribution in [3.8, 4) is 29.0 Å². The van der Waals surface area contributed by atoms with Crippen LogP contribution in [-0.4, -0.2) is 90.0 Å². The first-order chi connectivity index (χ1) is 23.1. The van der Waals surface area contributed by atoms with Gasteiger partial charge in [0.1, 0.15) is 47.6 Å². The van der Waals surface area contributed by atoms with Crippen LogP contribution in [0.4, 0.5) is 32.8 Å². The molecule has 252 valence electrons. The van der Waals surface area contributed by atoms with E-state index in [1.165, 1.54) is 6.07 Å². The van der Waals surface area contributed by atoms with Gasteiger partial charge in [0, 0.05) is 43.0 Å². The number of likely N-dealkylation sites (tertiary alicyclic amines) is 1. The van der Waals surface area contributed by atoms with Crippen LogP contribution in [0.15, 0.2) is 12.1 Å². The highest BCUT2D eigenvalue weighted by molar-refractivity contribution is 7.23. The van der Waals surface area contributed by atoms with E-state index in [1.807, 2.05) is 11.0 Å². The third kappa shape index (κ3) is 4.82. The molecule has 16 heteroatoms. The maximum absolute atomic E-state index is 17.1. The van der Waals surface area contributed by atoms with Crippen LogP contribution in [-0.2, 0) is 0 Å². The number of anilines is 2. The van der Waals surface area contributed by atoms with Gasteiger partial charge in [-0.05, 0) is 37.4 Å². The molecule has 2 aromatic carbocycles. The first-order valence-electron chi connectivity index (χ1n) is 15.7. The predicted octanol–water partition coefficient (Wildman–Crippen LogP) is 6.35. The molecule has 3 fully saturated rings. The van der Waals surface area contributed by atoms with E-state index >= 15 is 4.39 Å². The van der Waals surface area contributed by atoms with Crippen molar-refractivity contribution in [1.82, 2.24) is 19.8 Å². The fraction of sp³-hybridized carbons (Fsp3) is 0.469. The van der Waals surface area contributed by atoms with Crippen LogP contribution in [0.3, 0.4) is 0 Å². The van der Waals surface area contributed by atoms with Crippen molar-refractivity contribution in [3.05, 3.63) is 34.4 Å². The maximum Gasteiger partial charge on any atom is 0.319 e. The molecule has 0 bridgehead atoms. The number of ether oxygens (including phenoxy) is 2. The number of fused-ring (bicyclic) bond motifs is 2. The molecule has 0 aliphatic carbocycles. The molecule has 0 amide bonds. The van der Waals surface area contributed by atoms with Gasteiger partial charge < -0.3 is 20.1 Å². The lowest BCUT2D eigenvalue weighted by Crippen LogP contribution is -2.43. The number of halogens is 6. The monoisotopic (exact) mass is 705 g/mol. The number of hydrogen-bond acceptors (Lipinski definition) is 10. The molecule has 9 nitrogen and oxygen atoms in total. The molecular weight excluding hydrogens is 677 g/mol. The standard InChI is InChI=1S/C32H29ClF5N7O2S/c33-23-21(17-2-3-19(35)27-20(17)18(11-39)28(40)48-27)24(36)25-22-26(23)46-9-8-45(16-4-7-43(13-16)30(37)38)29(22)42-31(41-25)47-14-32-5-1-6-44(32)12-15(34)10-32/h2-3,15-16,30H,1,4-10,12-14,40H2/t15-,16?,32+/m1/s1. The van der Waals surface area contributed by atoms with Crippen molar-refractivity contribution in [2.45, 2.75) is 50.0 Å². The normalized spacial score (nSPS) is 24.4. The summed E-state index contributed by atoms with van der Waals surface area (Å²) >= 11 is 7.83. The number of nitrogens with two attached hydrogens (primary N) is 1. The molecule has 8 rings (SSSR count). The fourth-order valence-corrected chi connectivity index (χ4v) is 9.23. The first-order valence-corrected chi connectivity index (χ1v) is 16.9. The molecule has 4 aliphatic rings. The zero-order chi connectivity index (χ0) is 33.5. The highest BCUT2D eigenvalue weighted by Gasteiger charge is 2.49. The Balaban J connectivity index is 1.33. The Morgan fingerprint density at radius 3 is 2.79 bits per heavy atom. The van der Waals surface area contributed by atoms with Gasteiger partial charge in [-0.2, -0.15) is 24.0 Å². The van der Waals surface area contributed by atoms with Crippen molar-refractivity contribution < 1.29 is 31.4 Å². The number of alkyl halides is 3. The van der Waals surface area contributed by atoms with E-state index in [9.17, 15) is 22.8 Å². The van der Waals surface area contributed by atoms with E-state index in [-0.39, 0.29) is 98.1 Å². The number of hydrogen-bond donors (Lipinski definition) is 1. The molecule has 3 atom stereocenters. The number of thiophene rings is 1. The lowest BCUT2D eigenvalue weighted by molar-refractivity contribution is -0.0117. The summed E-state index contributed by atoms with van der Waals surface area (Å²) in [5.74, 6) is -1.25. The number of nitrogen functional groups attached to an aromatic ring is 1. The SMILES string of the molecule is N#Cc1c(N)sc2c(F)ccc(-c3c(Cl)c4c5c(nc(OC[C@@]67CCCN6C[C@H](F)C7)nc5c3F)N(C3CCN(C(F)F)C3)CCO4)c12. The Bertz CT molecular complexity index is 2010. The van der Waals surface area contributed by atoms with Crippen LogP contribution in [0.1, 0.15) is 31.2 Å². The van der Waals surface area contributed by atoms with Crippen LogP contribution in [0.5, 0.6) is 11.8 Å². The smallest absolute Gasteiger partial charge is 0.319 e. The maximum atomic E-state index is 17.1. The van der Waals surface area contributed by atoms with Crippen molar-refractivity contribution >= 4 is 54.7 Å². The summed E-state index contributed by atoms with van der Waals surface area (Å²) in [5.41, 5.74) is 5.23. The minimum absolute atomic E-state index is 0.0154. The van der Waals surface area contributed by atoms with Crippen LogP contribution < -0.4 is 20.1 Å². The van der Waals surface area contributed by atoms with Gasteiger partial charge >= 0.3 is 6.01 Å². The van der Waals surface area contributed by atoms with Gasteiger partial charge in [0.25, 0.3) is 6.55 Å². The number of nitrogens with zero attached hydrogens (tertiary/aromatic N) is 6. The summed E-state index contributed by atoms with van der Waals surface area (Å²) in [6, 6.07) is 3.89. The van der Waals surface area contributed by atoms with E-state index in [2.05, 4.69) is 9.88 Å². The van der Waals surface area contributed by atoms with Crippen molar-refractivity contribution in [2.75, 3.05) is 56.6 Å². The molecule has 6 heterocycles. The lowest BCUT2D eigenvalue weighted by atomic mass is 9.95. The van der Waals surface area contributed by atoms with Gasteiger partial charge in [-0.3, -0.25) is 4.90 Å². The summed E-state index contributed by atoms with van der Waals surface area (Å²) in [6.45, 7) is -1.03. The summed E-state index contributed by atoms with van der Waals surface area (Å²) in [5, 5.41) is 10.1. The second-order valence-electron chi connectivity index (χ2n) is 12.8. The van der Waals surface area contributed by atoms with Gasteiger partial charge in [0.2, 0.25) is 0 Å². The van der Waals surface area contributed by atoms with E-state index in [4.69, 9.17) is 31.8 Å². The molecule has 3 saturated heterocycles. The van der Waals surface area contributed by atoms with E-state index < -0.39 is 35.9 Å². The van der Waals surface area contributed by atoms with Gasteiger partial charge in [-0.15, -0.1) is 11.3 Å². The molecule has 1 unspecified atom stereocenters. The molecule has 2 N–H and O–H groups in total. The van der Waals surface area contributed by atoms with E-state index in [0.29, 0.717) is 19.4 Å². The summed E-state index contributed by atoms with van der Waals surface area (Å²) < 4.78 is 86.3. The van der Waals surface area contributed by atoms with E-state index in [0.717, 1.165) is 41.7 Å². The Morgan fingerprint density at radius 1 is 1.19 bits per heavy atom. The van der Waals surface area contributed by atoms with Crippen molar-refractivity contribution in [1.29, 1.82) is 5.26 Å². The van der Waals surface area contributed by atoms with Crippen LogP contribution >= 0.6 is 22.9 Å². The van der Waals surface area contributed by atoms with Crippen molar-refractivity contribution in [3.63, 3.8) is 0 Å². The van der Waals surface area contributed by atoms with Crippen LogP contribution in [0.2, 0.25) is 5.02 Å². The molecule has 4 aromatic rings. The van der Waals surface area contributed by atoms with Gasteiger partial charge in [-0.1, -0.05) is 17.7 Å². The Labute approximate surface area is 280 Å². The lowest BCUT2D eigenvalue weighted by Gasteiger charge is -2.31. The largest absolute Gasteiger partial charge is 0.489 e. The van der Waals surface area contributed by atoms with Crippen LogP contribution in [0, 0.1) is 23.0 Å². The van der Waals surface area contributed by atoms with Gasteiger partial charge in [-0.25, -0.2) is 18.1 Å². The minimum atomic E-state index is -2.64. The fourth-order valence-electron chi connectivity index (χ4n) is 7.94.